The highest BCUT2D eigenvalue weighted by Gasteiger charge is 2.36. The van der Waals surface area contributed by atoms with Gasteiger partial charge in [0.15, 0.2) is 0 Å². The molecule has 2 fully saturated rings. The van der Waals surface area contributed by atoms with Crippen molar-refractivity contribution in [3.8, 4) is 0 Å². The minimum Gasteiger partial charge on any atom is -0.480 e. The van der Waals surface area contributed by atoms with E-state index in [1.54, 1.807) is 0 Å². The number of carbonyl (C=O) groups is 2. The van der Waals surface area contributed by atoms with E-state index in [1.807, 2.05) is 18.2 Å². The van der Waals surface area contributed by atoms with Crippen LogP contribution in [0.2, 0.25) is 0 Å². The van der Waals surface area contributed by atoms with Crippen molar-refractivity contribution in [2.45, 2.75) is 50.5 Å². The van der Waals surface area contributed by atoms with E-state index in [4.69, 9.17) is 0 Å². The van der Waals surface area contributed by atoms with Crippen LogP contribution in [0, 0.1) is 0 Å². The van der Waals surface area contributed by atoms with Gasteiger partial charge in [0.05, 0.1) is 5.57 Å². The Morgan fingerprint density at radius 3 is 2.72 bits per heavy atom. The molecule has 0 spiro atoms. The van der Waals surface area contributed by atoms with E-state index in [0.29, 0.717) is 18.0 Å². The van der Waals surface area contributed by atoms with Gasteiger partial charge in [0, 0.05) is 28.6 Å². The molecule has 1 unspecified atom stereocenters. The standard InChI is InChI=1S/C25H30N4O3/c1-2-15-12-18(17-8-11-27-23(17)25(31)32)21(28-15)13-19-22-16(14-6-9-26-10-7-14)4-3-5-20(22)29-24(19)30/h3-5,12-14,17,23,26-28H,2,6-11H2,1H3,(H,29,30)(H,31,32)/t17?,23-/m0/s1. The molecule has 0 radical (unpaired) electrons. The Bertz CT molecular complexity index is 1080. The Hall–Kier alpha value is -2.90. The zero-order valence-corrected chi connectivity index (χ0v) is 18.3. The van der Waals surface area contributed by atoms with E-state index < -0.39 is 12.0 Å². The average Bonchev–Trinajstić information content (AvgIpc) is 3.51. The van der Waals surface area contributed by atoms with Crippen molar-refractivity contribution in [3.05, 3.63) is 52.3 Å². The van der Waals surface area contributed by atoms with Crippen molar-refractivity contribution in [2.24, 2.45) is 0 Å². The lowest BCUT2D eigenvalue weighted by Gasteiger charge is -2.25. The number of nitrogens with one attached hydrogen (secondary N) is 4. The van der Waals surface area contributed by atoms with Crippen molar-refractivity contribution in [1.29, 1.82) is 0 Å². The molecule has 168 valence electrons. The predicted molar refractivity (Wildman–Crippen MR) is 125 cm³/mol. The molecular formula is C25H30N4O3. The SMILES string of the molecule is CCc1cc(C2CCN[C@@H]2C(=O)O)c(C=C2C(=O)Nc3cccc(C4CCNCC4)c32)[nH]1. The van der Waals surface area contributed by atoms with E-state index in [9.17, 15) is 14.7 Å². The molecule has 0 aliphatic carbocycles. The molecule has 7 heteroatoms. The van der Waals surface area contributed by atoms with Crippen LogP contribution in [0.25, 0.3) is 11.6 Å². The first-order valence-corrected chi connectivity index (χ1v) is 11.6. The van der Waals surface area contributed by atoms with Crippen LogP contribution in [0.1, 0.15) is 66.1 Å². The lowest BCUT2D eigenvalue weighted by molar-refractivity contribution is -0.139. The third kappa shape index (κ3) is 3.65. The maximum absolute atomic E-state index is 13.0. The van der Waals surface area contributed by atoms with E-state index in [-0.39, 0.29) is 11.8 Å². The zero-order valence-electron chi connectivity index (χ0n) is 18.3. The molecule has 2 atom stereocenters. The van der Waals surface area contributed by atoms with E-state index >= 15 is 0 Å². The van der Waals surface area contributed by atoms with Crippen LogP contribution in [-0.4, -0.2) is 47.6 Å². The molecule has 5 rings (SSSR count). The van der Waals surface area contributed by atoms with Crippen molar-refractivity contribution in [2.75, 3.05) is 25.0 Å². The average molecular weight is 435 g/mol. The van der Waals surface area contributed by atoms with Gasteiger partial charge in [0.25, 0.3) is 5.91 Å². The number of anilines is 1. The fourth-order valence-corrected chi connectivity index (χ4v) is 5.49. The first-order chi connectivity index (χ1) is 15.6. The lowest BCUT2D eigenvalue weighted by atomic mass is 9.84. The summed E-state index contributed by atoms with van der Waals surface area (Å²) in [7, 11) is 0. The zero-order chi connectivity index (χ0) is 22.2. The second kappa shape index (κ2) is 8.56. The number of benzene rings is 1. The second-order valence-electron chi connectivity index (χ2n) is 8.99. The summed E-state index contributed by atoms with van der Waals surface area (Å²) in [6.07, 6.45) is 5.63. The van der Waals surface area contributed by atoms with Gasteiger partial charge in [0.1, 0.15) is 6.04 Å². The molecule has 3 aliphatic rings. The molecule has 3 aliphatic heterocycles. The number of amides is 1. The van der Waals surface area contributed by atoms with Crippen molar-refractivity contribution in [1.82, 2.24) is 15.6 Å². The van der Waals surface area contributed by atoms with Crippen molar-refractivity contribution in [3.63, 3.8) is 0 Å². The van der Waals surface area contributed by atoms with Gasteiger partial charge < -0.3 is 26.0 Å². The Labute approximate surface area is 187 Å². The molecule has 1 amide bonds. The second-order valence-corrected chi connectivity index (χ2v) is 8.99. The van der Waals surface area contributed by atoms with Crippen LogP contribution < -0.4 is 16.0 Å². The van der Waals surface area contributed by atoms with E-state index in [0.717, 1.165) is 67.0 Å². The molecular weight excluding hydrogens is 404 g/mol. The lowest BCUT2D eigenvalue weighted by Crippen LogP contribution is -2.34. The first kappa shape index (κ1) is 21.0. The summed E-state index contributed by atoms with van der Waals surface area (Å²) in [5, 5.41) is 19.2. The fraction of sp³-hybridized carbons (Fsp3) is 0.440. The van der Waals surface area contributed by atoms with Crippen LogP contribution in [-0.2, 0) is 16.0 Å². The number of aromatic nitrogens is 1. The Morgan fingerprint density at radius 2 is 1.97 bits per heavy atom. The highest BCUT2D eigenvalue weighted by atomic mass is 16.4. The fourth-order valence-electron chi connectivity index (χ4n) is 5.49. The number of aryl methyl sites for hydroxylation is 1. The molecule has 2 aromatic rings. The molecule has 1 aromatic carbocycles. The number of fused-ring (bicyclic) bond motifs is 1. The Morgan fingerprint density at radius 1 is 1.16 bits per heavy atom. The topological polar surface area (TPSA) is 106 Å². The maximum atomic E-state index is 13.0. The minimum absolute atomic E-state index is 0.0979. The van der Waals surface area contributed by atoms with Gasteiger partial charge in [-0.05, 0) is 80.6 Å². The molecule has 4 heterocycles. The highest BCUT2D eigenvalue weighted by molar-refractivity contribution is 6.35. The number of carboxylic acids is 1. The molecule has 1 aromatic heterocycles. The van der Waals surface area contributed by atoms with E-state index in [1.165, 1.54) is 5.56 Å². The van der Waals surface area contributed by atoms with Gasteiger partial charge in [0.2, 0.25) is 0 Å². The predicted octanol–water partition coefficient (Wildman–Crippen LogP) is 3.07. The first-order valence-electron chi connectivity index (χ1n) is 11.6. The Balaban J connectivity index is 1.59. The quantitative estimate of drug-likeness (QED) is 0.465. The molecule has 0 saturated carbocycles. The van der Waals surface area contributed by atoms with Crippen LogP contribution in [0.3, 0.4) is 0 Å². The summed E-state index contributed by atoms with van der Waals surface area (Å²) in [5.74, 6) is -0.631. The van der Waals surface area contributed by atoms with Crippen LogP contribution >= 0.6 is 0 Å². The minimum atomic E-state index is -0.831. The summed E-state index contributed by atoms with van der Waals surface area (Å²) >= 11 is 0. The number of carboxylic acid groups (broad SMARTS) is 1. The summed E-state index contributed by atoms with van der Waals surface area (Å²) in [6.45, 7) is 4.72. The van der Waals surface area contributed by atoms with Crippen LogP contribution in [0.5, 0.6) is 0 Å². The monoisotopic (exact) mass is 434 g/mol. The smallest absolute Gasteiger partial charge is 0.321 e. The third-order valence-corrected chi connectivity index (χ3v) is 7.13. The molecule has 7 nitrogen and oxygen atoms in total. The summed E-state index contributed by atoms with van der Waals surface area (Å²) in [6, 6.07) is 7.61. The summed E-state index contributed by atoms with van der Waals surface area (Å²) in [4.78, 5) is 28.3. The number of hydrogen-bond acceptors (Lipinski definition) is 4. The van der Waals surface area contributed by atoms with E-state index in [2.05, 4.69) is 40.0 Å². The number of piperidine rings is 1. The number of carbonyl (C=O) groups excluding carboxylic acids is 1. The Kier molecular flexibility index (Phi) is 5.61. The van der Waals surface area contributed by atoms with Crippen LogP contribution in [0.4, 0.5) is 5.69 Å². The van der Waals surface area contributed by atoms with Crippen LogP contribution in [0.15, 0.2) is 24.3 Å². The maximum Gasteiger partial charge on any atom is 0.321 e. The number of rotatable bonds is 5. The number of aromatic amines is 1. The number of aliphatic carboxylic acids is 1. The van der Waals surface area contributed by atoms with Crippen molar-refractivity contribution >= 4 is 29.2 Å². The van der Waals surface area contributed by atoms with Crippen molar-refractivity contribution < 1.29 is 14.7 Å². The molecule has 2 saturated heterocycles. The van der Waals surface area contributed by atoms with Gasteiger partial charge >= 0.3 is 5.97 Å². The van der Waals surface area contributed by atoms with Gasteiger partial charge in [-0.15, -0.1) is 0 Å². The van der Waals surface area contributed by atoms with Gasteiger partial charge in [-0.25, -0.2) is 0 Å². The molecule has 32 heavy (non-hydrogen) atoms. The van der Waals surface area contributed by atoms with Gasteiger partial charge in [-0.2, -0.15) is 0 Å². The van der Waals surface area contributed by atoms with Gasteiger partial charge in [-0.3, -0.25) is 9.59 Å². The largest absolute Gasteiger partial charge is 0.480 e. The summed E-state index contributed by atoms with van der Waals surface area (Å²) < 4.78 is 0. The van der Waals surface area contributed by atoms with Gasteiger partial charge in [-0.1, -0.05) is 19.1 Å². The summed E-state index contributed by atoms with van der Waals surface area (Å²) in [5.41, 5.74) is 6.64. The number of H-pyrrole nitrogens is 1. The molecule has 5 N–H and O–H groups in total. The third-order valence-electron chi connectivity index (χ3n) is 7.13. The highest BCUT2D eigenvalue weighted by Crippen LogP contribution is 2.42. The number of hydrogen-bond donors (Lipinski definition) is 5. The molecule has 0 bridgehead atoms. The normalized spacial score (nSPS) is 24.7.